The normalized spacial score (nSPS) is 9.70. The lowest BCUT2D eigenvalue weighted by atomic mass is 10.2. The van der Waals surface area contributed by atoms with Gasteiger partial charge in [-0.05, 0) is 24.3 Å². The summed E-state index contributed by atoms with van der Waals surface area (Å²) in [4.78, 5) is 0. The fourth-order valence-electron chi connectivity index (χ4n) is 1.68. The predicted octanol–water partition coefficient (Wildman–Crippen LogP) is 4.02. The van der Waals surface area contributed by atoms with Crippen molar-refractivity contribution in [2.45, 2.75) is 0 Å². The molecular weight excluding hydrogens is 278 g/mol. The van der Waals surface area contributed by atoms with Crippen LogP contribution < -0.4 is 14.2 Å². The average Bonchev–Trinajstić information content (AvgIpc) is 2.48. The van der Waals surface area contributed by atoms with Crippen molar-refractivity contribution in [1.82, 2.24) is 0 Å². The van der Waals surface area contributed by atoms with Crippen LogP contribution in [0.5, 0.6) is 23.0 Å². The topological polar surface area (TPSA) is 51.5 Å². The number of methoxy groups -OCH3 is 2. The van der Waals surface area contributed by atoms with E-state index in [9.17, 15) is 0 Å². The molecule has 0 radical (unpaired) electrons. The molecule has 20 heavy (non-hydrogen) atoms. The molecule has 0 aromatic heterocycles. The highest BCUT2D eigenvalue weighted by Crippen LogP contribution is 2.35. The third-order valence-corrected chi connectivity index (χ3v) is 2.88. The van der Waals surface area contributed by atoms with Crippen LogP contribution in [0.3, 0.4) is 0 Å². The molecule has 0 atom stereocenters. The lowest BCUT2D eigenvalue weighted by Crippen LogP contribution is -1.92. The Kier molecular flexibility index (Phi) is 4.34. The fraction of sp³-hybridized carbons (Fsp3) is 0.133. The predicted molar refractivity (Wildman–Crippen MR) is 75.8 cm³/mol. The van der Waals surface area contributed by atoms with Crippen LogP contribution >= 0.6 is 11.6 Å². The van der Waals surface area contributed by atoms with E-state index in [0.29, 0.717) is 33.6 Å². The standard InChI is InChI=1S/C15H12ClNO3/c1-18-14-8-12(5-3-10(14)9-17)20-13-6-4-11(16)7-15(13)19-2/h3-8H,1-2H3. The van der Waals surface area contributed by atoms with Gasteiger partial charge < -0.3 is 14.2 Å². The van der Waals surface area contributed by atoms with Crippen molar-refractivity contribution < 1.29 is 14.2 Å². The summed E-state index contributed by atoms with van der Waals surface area (Å²) < 4.78 is 16.1. The van der Waals surface area contributed by atoms with E-state index in [2.05, 4.69) is 0 Å². The van der Waals surface area contributed by atoms with Crippen molar-refractivity contribution in [2.75, 3.05) is 14.2 Å². The minimum atomic E-state index is 0.447. The minimum Gasteiger partial charge on any atom is -0.495 e. The molecule has 0 aliphatic heterocycles. The van der Waals surface area contributed by atoms with Gasteiger partial charge in [0.2, 0.25) is 0 Å². The zero-order chi connectivity index (χ0) is 14.5. The van der Waals surface area contributed by atoms with Gasteiger partial charge in [0.1, 0.15) is 17.6 Å². The smallest absolute Gasteiger partial charge is 0.169 e. The Morgan fingerprint density at radius 3 is 2.35 bits per heavy atom. The van der Waals surface area contributed by atoms with E-state index in [1.807, 2.05) is 6.07 Å². The molecule has 0 unspecified atom stereocenters. The van der Waals surface area contributed by atoms with E-state index < -0.39 is 0 Å². The summed E-state index contributed by atoms with van der Waals surface area (Å²) in [5.74, 6) is 2.06. The molecule has 0 saturated carbocycles. The van der Waals surface area contributed by atoms with Crippen LogP contribution in [0.25, 0.3) is 0 Å². The van der Waals surface area contributed by atoms with Crippen LogP contribution in [0.2, 0.25) is 5.02 Å². The van der Waals surface area contributed by atoms with Crippen molar-refractivity contribution >= 4 is 11.6 Å². The summed E-state index contributed by atoms with van der Waals surface area (Å²) >= 11 is 5.89. The summed E-state index contributed by atoms with van der Waals surface area (Å²) in [6.45, 7) is 0. The van der Waals surface area contributed by atoms with Crippen LogP contribution in [0, 0.1) is 11.3 Å². The first-order valence-electron chi connectivity index (χ1n) is 5.77. The zero-order valence-electron chi connectivity index (χ0n) is 11.0. The van der Waals surface area contributed by atoms with Crippen LogP contribution in [-0.2, 0) is 0 Å². The Bertz CT molecular complexity index is 665. The van der Waals surface area contributed by atoms with Crippen LogP contribution in [-0.4, -0.2) is 14.2 Å². The molecule has 102 valence electrons. The zero-order valence-corrected chi connectivity index (χ0v) is 11.8. The Labute approximate surface area is 122 Å². The number of halogens is 1. The Morgan fingerprint density at radius 1 is 0.950 bits per heavy atom. The number of nitriles is 1. The monoisotopic (exact) mass is 289 g/mol. The van der Waals surface area contributed by atoms with Crippen molar-refractivity contribution in [3.63, 3.8) is 0 Å². The Balaban J connectivity index is 2.33. The molecule has 0 heterocycles. The van der Waals surface area contributed by atoms with Gasteiger partial charge in [-0.25, -0.2) is 0 Å². The third kappa shape index (κ3) is 2.95. The SMILES string of the molecule is COc1cc(Oc2ccc(Cl)cc2OC)ccc1C#N. The van der Waals surface area contributed by atoms with Gasteiger partial charge in [-0.1, -0.05) is 11.6 Å². The number of hydrogen-bond donors (Lipinski definition) is 0. The van der Waals surface area contributed by atoms with Gasteiger partial charge in [-0.3, -0.25) is 0 Å². The molecule has 2 aromatic carbocycles. The highest BCUT2D eigenvalue weighted by atomic mass is 35.5. The highest BCUT2D eigenvalue weighted by molar-refractivity contribution is 6.30. The van der Waals surface area contributed by atoms with E-state index >= 15 is 0 Å². The summed E-state index contributed by atoms with van der Waals surface area (Å²) in [6, 6.07) is 12.1. The first-order chi connectivity index (χ1) is 9.67. The van der Waals surface area contributed by atoms with Gasteiger partial charge in [0.05, 0.1) is 19.8 Å². The average molecular weight is 290 g/mol. The van der Waals surface area contributed by atoms with Gasteiger partial charge in [0, 0.05) is 17.2 Å². The molecule has 0 N–H and O–H groups in total. The van der Waals surface area contributed by atoms with Crippen LogP contribution in [0.4, 0.5) is 0 Å². The number of benzene rings is 2. The molecule has 0 bridgehead atoms. The maximum Gasteiger partial charge on any atom is 0.169 e. The second-order valence-electron chi connectivity index (χ2n) is 3.87. The largest absolute Gasteiger partial charge is 0.495 e. The lowest BCUT2D eigenvalue weighted by Gasteiger charge is -2.11. The van der Waals surface area contributed by atoms with Gasteiger partial charge in [0.15, 0.2) is 11.5 Å². The molecule has 0 spiro atoms. The van der Waals surface area contributed by atoms with Gasteiger partial charge in [-0.15, -0.1) is 0 Å². The third-order valence-electron chi connectivity index (χ3n) is 2.65. The van der Waals surface area contributed by atoms with Crippen molar-refractivity contribution in [1.29, 1.82) is 5.26 Å². The Hall–Kier alpha value is -2.38. The second kappa shape index (κ2) is 6.18. The Morgan fingerprint density at radius 2 is 1.70 bits per heavy atom. The molecular formula is C15H12ClNO3. The minimum absolute atomic E-state index is 0.447. The summed E-state index contributed by atoms with van der Waals surface area (Å²) in [6.07, 6.45) is 0. The number of rotatable bonds is 4. The highest BCUT2D eigenvalue weighted by Gasteiger charge is 2.09. The van der Waals surface area contributed by atoms with E-state index in [-0.39, 0.29) is 0 Å². The summed E-state index contributed by atoms with van der Waals surface area (Å²) in [7, 11) is 3.04. The van der Waals surface area contributed by atoms with E-state index in [0.717, 1.165) is 0 Å². The quantitative estimate of drug-likeness (QED) is 0.853. The molecule has 0 saturated heterocycles. The number of ether oxygens (including phenoxy) is 3. The first-order valence-corrected chi connectivity index (χ1v) is 6.15. The number of hydrogen-bond acceptors (Lipinski definition) is 4. The van der Waals surface area contributed by atoms with Crippen LogP contribution in [0.15, 0.2) is 36.4 Å². The summed E-state index contributed by atoms with van der Waals surface area (Å²) in [5, 5.41) is 9.50. The second-order valence-corrected chi connectivity index (χ2v) is 4.31. The fourth-order valence-corrected chi connectivity index (χ4v) is 1.84. The van der Waals surface area contributed by atoms with Gasteiger partial charge in [0.25, 0.3) is 0 Å². The molecule has 5 heteroatoms. The van der Waals surface area contributed by atoms with Gasteiger partial charge in [-0.2, -0.15) is 5.26 Å². The maximum absolute atomic E-state index is 8.94. The number of nitrogens with zero attached hydrogens (tertiary/aromatic N) is 1. The lowest BCUT2D eigenvalue weighted by molar-refractivity contribution is 0.376. The molecule has 0 amide bonds. The molecule has 4 nitrogen and oxygen atoms in total. The van der Waals surface area contributed by atoms with Crippen molar-refractivity contribution in [2.24, 2.45) is 0 Å². The molecule has 0 aliphatic carbocycles. The maximum atomic E-state index is 8.94. The van der Waals surface area contributed by atoms with Gasteiger partial charge >= 0.3 is 0 Å². The van der Waals surface area contributed by atoms with E-state index in [1.54, 1.807) is 36.4 Å². The molecule has 0 aliphatic rings. The molecule has 0 fully saturated rings. The summed E-state index contributed by atoms with van der Waals surface area (Å²) in [5.41, 5.74) is 0.447. The van der Waals surface area contributed by atoms with Crippen molar-refractivity contribution in [3.05, 3.63) is 47.0 Å². The first kappa shape index (κ1) is 14.0. The molecule has 2 aromatic rings. The van der Waals surface area contributed by atoms with Crippen molar-refractivity contribution in [3.8, 4) is 29.1 Å². The van der Waals surface area contributed by atoms with E-state index in [1.165, 1.54) is 14.2 Å². The van der Waals surface area contributed by atoms with E-state index in [4.69, 9.17) is 31.1 Å². The van der Waals surface area contributed by atoms with Crippen LogP contribution in [0.1, 0.15) is 5.56 Å². The molecule has 2 rings (SSSR count).